The summed E-state index contributed by atoms with van der Waals surface area (Å²) < 4.78 is 0. The molecule has 2 aliphatic rings. The number of nitrogens with one attached hydrogen (secondary N) is 3. The van der Waals surface area contributed by atoms with E-state index in [2.05, 4.69) is 16.0 Å². The topological polar surface area (TPSA) is 70.2 Å². The molecule has 0 spiro atoms. The van der Waals surface area contributed by atoms with E-state index in [9.17, 15) is 9.59 Å². The number of rotatable bonds is 5. The van der Waals surface area contributed by atoms with Gasteiger partial charge in [0.2, 0.25) is 11.8 Å². The molecule has 2 atom stereocenters. The second-order valence-corrected chi connectivity index (χ2v) is 5.45. The van der Waals surface area contributed by atoms with Crippen molar-refractivity contribution in [1.29, 1.82) is 0 Å². The molecule has 5 nitrogen and oxygen atoms in total. The van der Waals surface area contributed by atoms with E-state index >= 15 is 0 Å². The summed E-state index contributed by atoms with van der Waals surface area (Å²) in [5.41, 5.74) is 0. The number of carbonyl (C=O) groups is 2. The van der Waals surface area contributed by atoms with Gasteiger partial charge in [0, 0.05) is 38.5 Å². The Hall–Kier alpha value is -0.810. The number of halogens is 1. The van der Waals surface area contributed by atoms with Gasteiger partial charge in [-0.05, 0) is 31.6 Å². The summed E-state index contributed by atoms with van der Waals surface area (Å²) >= 11 is 0. The van der Waals surface area contributed by atoms with Crippen LogP contribution in [0, 0.1) is 5.92 Å². The highest BCUT2D eigenvalue weighted by molar-refractivity contribution is 5.85. The van der Waals surface area contributed by atoms with E-state index in [0.29, 0.717) is 37.4 Å². The molecular formula is C13H24ClN3O2. The van der Waals surface area contributed by atoms with Crippen molar-refractivity contribution >= 4 is 24.2 Å². The zero-order valence-corrected chi connectivity index (χ0v) is 12.2. The first-order valence-corrected chi connectivity index (χ1v) is 6.90. The van der Waals surface area contributed by atoms with Crippen molar-refractivity contribution in [3.8, 4) is 0 Å². The number of hydrogen-bond acceptors (Lipinski definition) is 3. The molecule has 0 aromatic heterocycles. The van der Waals surface area contributed by atoms with Crippen LogP contribution in [-0.2, 0) is 9.59 Å². The molecule has 2 bridgehead atoms. The Morgan fingerprint density at radius 3 is 2.37 bits per heavy atom. The van der Waals surface area contributed by atoms with E-state index in [-0.39, 0.29) is 24.2 Å². The lowest BCUT2D eigenvalue weighted by Gasteiger charge is -2.28. The van der Waals surface area contributed by atoms with Crippen LogP contribution in [0.1, 0.15) is 38.5 Å². The lowest BCUT2D eigenvalue weighted by atomic mass is 9.89. The molecular weight excluding hydrogens is 266 g/mol. The molecule has 0 saturated carbocycles. The van der Waals surface area contributed by atoms with Gasteiger partial charge in [-0.1, -0.05) is 0 Å². The largest absolute Gasteiger partial charge is 0.359 e. The predicted molar refractivity (Wildman–Crippen MR) is 76.2 cm³/mol. The fourth-order valence-corrected chi connectivity index (χ4v) is 3.12. The Bertz CT molecular complexity index is 313. The molecule has 2 saturated heterocycles. The third-order valence-electron chi connectivity index (χ3n) is 4.00. The lowest BCUT2D eigenvalue weighted by molar-refractivity contribution is -0.122. The van der Waals surface area contributed by atoms with Gasteiger partial charge in [0.1, 0.15) is 0 Å². The fraction of sp³-hybridized carbons (Fsp3) is 0.846. The van der Waals surface area contributed by atoms with Crippen LogP contribution in [0.4, 0.5) is 0 Å². The second-order valence-electron chi connectivity index (χ2n) is 5.45. The standard InChI is InChI=1S/C13H23N3O2.ClH/c1-14-12(17)4-5-15-13(18)8-9-6-10-2-3-11(7-9)16-10;/h9-11,16H,2-8H2,1H3,(H,14,17)(H,15,18);1H. The van der Waals surface area contributed by atoms with Crippen LogP contribution < -0.4 is 16.0 Å². The van der Waals surface area contributed by atoms with Crippen molar-refractivity contribution in [3.63, 3.8) is 0 Å². The number of hydrogen-bond donors (Lipinski definition) is 3. The van der Waals surface area contributed by atoms with Crippen molar-refractivity contribution < 1.29 is 9.59 Å². The van der Waals surface area contributed by atoms with Gasteiger partial charge in [0.15, 0.2) is 0 Å². The molecule has 0 aromatic rings. The zero-order valence-electron chi connectivity index (χ0n) is 11.4. The summed E-state index contributed by atoms with van der Waals surface area (Å²) in [5, 5.41) is 8.94. The zero-order chi connectivity index (χ0) is 13.0. The highest BCUT2D eigenvalue weighted by Crippen LogP contribution is 2.32. The van der Waals surface area contributed by atoms with Crippen LogP contribution in [0.5, 0.6) is 0 Å². The molecule has 0 radical (unpaired) electrons. The molecule has 2 amide bonds. The summed E-state index contributed by atoms with van der Waals surface area (Å²) in [5.74, 6) is 0.573. The van der Waals surface area contributed by atoms with Gasteiger partial charge in [-0.2, -0.15) is 0 Å². The summed E-state index contributed by atoms with van der Waals surface area (Å²) in [4.78, 5) is 22.8. The number of fused-ring (bicyclic) bond motifs is 2. The molecule has 2 unspecified atom stereocenters. The Morgan fingerprint density at radius 2 is 1.79 bits per heavy atom. The molecule has 2 rings (SSSR count). The van der Waals surface area contributed by atoms with Gasteiger partial charge in [-0.25, -0.2) is 0 Å². The van der Waals surface area contributed by atoms with Gasteiger partial charge in [-0.3, -0.25) is 9.59 Å². The Labute approximate surface area is 120 Å². The minimum Gasteiger partial charge on any atom is -0.359 e. The summed E-state index contributed by atoms with van der Waals surface area (Å²) in [6, 6.07) is 1.26. The normalized spacial score (nSPS) is 28.4. The minimum atomic E-state index is -0.0322. The molecule has 0 aromatic carbocycles. The van der Waals surface area contributed by atoms with Crippen LogP contribution in [0.2, 0.25) is 0 Å². The second kappa shape index (κ2) is 7.70. The minimum absolute atomic E-state index is 0. The Kier molecular flexibility index (Phi) is 6.58. The number of carbonyl (C=O) groups excluding carboxylic acids is 2. The summed E-state index contributed by atoms with van der Waals surface area (Å²) in [6.45, 7) is 0.441. The van der Waals surface area contributed by atoms with Gasteiger partial charge in [-0.15, -0.1) is 12.4 Å². The number of amides is 2. The summed E-state index contributed by atoms with van der Waals surface area (Å²) in [6.07, 6.45) is 5.75. The molecule has 6 heteroatoms. The smallest absolute Gasteiger partial charge is 0.221 e. The van der Waals surface area contributed by atoms with Crippen LogP contribution in [-0.4, -0.2) is 37.5 Å². The molecule has 0 aliphatic carbocycles. The first-order valence-electron chi connectivity index (χ1n) is 6.90. The highest BCUT2D eigenvalue weighted by atomic mass is 35.5. The quantitative estimate of drug-likeness (QED) is 0.693. The maximum absolute atomic E-state index is 11.8. The van der Waals surface area contributed by atoms with Crippen molar-refractivity contribution in [2.75, 3.05) is 13.6 Å². The molecule has 3 N–H and O–H groups in total. The lowest BCUT2D eigenvalue weighted by Crippen LogP contribution is -2.40. The molecule has 2 aliphatic heterocycles. The van der Waals surface area contributed by atoms with Crippen LogP contribution in [0.15, 0.2) is 0 Å². The maximum Gasteiger partial charge on any atom is 0.221 e. The van der Waals surface area contributed by atoms with Crippen LogP contribution in [0.3, 0.4) is 0 Å². The third kappa shape index (κ3) is 4.99. The molecule has 2 fully saturated rings. The fourth-order valence-electron chi connectivity index (χ4n) is 3.12. The van der Waals surface area contributed by atoms with Gasteiger partial charge >= 0.3 is 0 Å². The number of piperidine rings is 1. The van der Waals surface area contributed by atoms with Crippen molar-refractivity contribution in [1.82, 2.24) is 16.0 Å². The Morgan fingerprint density at radius 1 is 1.16 bits per heavy atom. The molecule has 19 heavy (non-hydrogen) atoms. The van der Waals surface area contributed by atoms with E-state index < -0.39 is 0 Å². The van der Waals surface area contributed by atoms with Crippen molar-refractivity contribution in [3.05, 3.63) is 0 Å². The Balaban J connectivity index is 0.00000180. The van der Waals surface area contributed by atoms with Gasteiger partial charge in [0.05, 0.1) is 0 Å². The third-order valence-corrected chi connectivity index (χ3v) is 4.00. The van der Waals surface area contributed by atoms with E-state index in [4.69, 9.17) is 0 Å². The van der Waals surface area contributed by atoms with E-state index in [1.165, 1.54) is 12.8 Å². The van der Waals surface area contributed by atoms with E-state index in [0.717, 1.165) is 12.8 Å². The maximum atomic E-state index is 11.8. The monoisotopic (exact) mass is 289 g/mol. The van der Waals surface area contributed by atoms with Crippen molar-refractivity contribution in [2.24, 2.45) is 5.92 Å². The van der Waals surface area contributed by atoms with Gasteiger partial charge in [0.25, 0.3) is 0 Å². The van der Waals surface area contributed by atoms with E-state index in [1.807, 2.05) is 0 Å². The van der Waals surface area contributed by atoms with Crippen LogP contribution in [0.25, 0.3) is 0 Å². The first kappa shape index (κ1) is 16.2. The average Bonchev–Trinajstić information content (AvgIpc) is 2.68. The molecule has 110 valence electrons. The predicted octanol–water partition coefficient (Wildman–Crippen LogP) is 0.581. The molecule has 2 heterocycles. The van der Waals surface area contributed by atoms with E-state index in [1.54, 1.807) is 7.05 Å². The SMILES string of the molecule is CNC(=O)CCNC(=O)CC1CC2CCC(C1)N2.Cl. The van der Waals surface area contributed by atoms with Crippen molar-refractivity contribution in [2.45, 2.75) is 50.6 Å². The average molecular weight is 290 g/mol. The first-order chi connectivity index (χ1) is 8.67. The highest BCUT2D eigenvalue weighted by Gasteiger charge is 2.33. The summed E-state index contributed by atoms with van der Waals surface area (Å²) in [7, 11) is 1.61. The van der Waals surface area contributed by atoms with Gasteiger partial charge < -0.3 is 16.0 Å². The van der Waals surface area contributed by atoms with Crippen LogP contribution >= 0.6 is 12.4 Å².